The number of carbonyl (C=O) groups excluding carboxylic acids is 3. The van der Waals surface area contributed by atoms with E-state index in [0.717, 1.165) is 29.7 Å². The minimum Gasteiger partial charge on any atom is -0.462 e. The molecule has 7 nitrogen and oxygen atoms in total. The predicted molar refractivity (Wildman–Crippen MR) is 134 cm³/mol. The van der Waals surface area contributed by atoms with Crippen molar-refractivity contribution in [2.24, 2.45) is 5.92 Å². The van der Waals surface area contributed by atoms with E-state index in [9.17, 15) is 14.4 Å². The van der Waals surface area contributed by atoms with Crippen molar-refractivity contribution in [2.45, 2.75) is 46.5 Å². The molecule has 34 heavy (non-hydrogen) atoms. The van der Waals surface area contributed by atoms with Gasteiger partial charge in [0.25, 0.3) is 0 Å². The first kappa shape index (κ1) is 25.4. The normalized spacial score (nSPS) is 14.4. The summed E-state index contributed by atoms with van der Waals surface area (Å²) in [6.45, 7) is 8.18. The Balaban J connectivity index is 1.42. The van der Waals surface area contributed by atoms with Gasteiger partial charge in [-0.3, -0.25) is 14.5 Å². The fourth-order valence-electron chi connectivity index (χ4n) is 4.03. The van der Waals surface area contributed by atoms with E-state index in [1.54, 1.807) is 24.3 Å². The van der Waals surface area contributed by atoms with E-state index in [0.29, 0.717) is 50.3 Å². The number of carbonyl (C=O) groups is 3. The fourth-order valence-corrected chi connectivity index (χ4v) is 4.03. The van der Waals surface area contributed by atoms with Crippen LogP contribution in [0.5, 0.6) is 0 Å². The zero-order valence-corrected chi connectivity index (χ0v) is 20.4. The molecule has 0 unspecified atom stereocenters. The lowest BCUT2D eigenvalue weighted by atomic mass is 9.95. The third-order valence-electron chi connectivity index (χ3n) is 6.10. The summed E-state index contributed by atoms with van der Waals surface area (Å²) in [7, 11) is 0. The zero-order chi connectivity index (χ0) is 24.5. The van der Waals surface area contributed by atoms with Crippen LogP contribution in [0.25, 0.3) is 0 Å². The highest BCUT2D eigenvalue weighted by atomic mass is 16.5. The molecule has 7 heteroatoms. The summed E-state index contributed by atoms with van der Waals surface area (Å²) in [5.41, 5.74) is 4.18. The number of hydrogen-bond donors (Lipinski definition) is 2. The highest BCUT2D eigenvalue weighted by Gasteiger charge is 2.26. The molecular weight excluding hydrogens is 430 g/mol. The molecule has 182 valence electrons. The molecule has 1 aliphatic rings. The van der Waals surface area contributed by atoms with Crippen LogP contribution in [0.2, 0.25) is 0 Å². The predicted octanol–water partition coefficient (Wildman–Crippen LogP) is 4.55. The van der Waals surface area contributed by atoms with Gasteiger partial charge in [0.2, 0.25) is 11.8 Å². The molecule has 1 aliphatic heterocycles. The lowest BCUT2D eigenvalue weighted by Gasteiger charge is -2.30. The van der Waals surface area contributed by atoms with Crippen molar-refractivity contribution in [1.82, 2.24) is 4.90 Å². The Bertz CT molecular complexity index is 995. The Morgan fingerprint density at radius 1 is 1.00 bits per heavy atom. The monoisotopic (exact) mass is 465 g/mol. The van der Waals surface area contributed by atoms with E-state index in [1.807, 2.05) is 39.0 Å². The third kappa shape index (κ3) is 7.42. The summed E-state index contributed by atoms with van der Waals surface area (Å²) in [6, 6.07) is 12.7. The molecule has 0 saturated carbocycles. The van der Waals surface area contributed by atoms with Gasteiger partial charge in [-0.15, -0.1) is 0 Å². The van der Waals surface area contributed by atoms with Crippen molar-refractivity contribution in [2.75, 3.05) is 36.9 Å². The molecule has 1 fully saturated rings. The van der Waals surface area contributed by atoms with Crippen molar-refractivity contribution in [3.8, 4) is 0 Å². The van der Waals surface area contributed by atoms with Crippen molar-refractivity contribution >= 4 is 29.2 Å². The highest BCUT2D eigenvalue weighted by molar-refractivity contribution is 5.94. The number of piperidine rings is 1. The Morgan fingerprint density at radius 2 is 1.71 bits per heavy atom. The van der Waals surface area contributed by atoms with E-state index in [-0.39, 0.29) is 23.7 Å². The Labute approximate surface area is 201 Å². The first-order valence-corrected chi connectivity index (χ1v) is 12.0. The van der Waals surface area contributed by atoms with Gasteiger partial charge in [0.05, 0.1) is 18.7 Å². The van der Waals surface area contributed by atoms with Crippen molar-refractivity contribution < 1.29 is 19.1 Å². The third-order valence-corrected chi connectivity index (χ3v) is 6.10. The summed E-state index contributed by atoms with van der Waals surface area (Å²) < 4.78 is 5.21. The molecule has 3 rings (SSSR count). The number of amides is 2. The lowest BCUT2D eigenvalue weighted by Crippen LogP contribution is -2.41. The highest BCUT2D eigenvalue weighted by Crippen LogP contribution is 2.21. The number of nitrogens with one attached hydrogen (secondary N) is 2. The summed E-state index contributed by atoms with van der Waals surface area (Å²) in [5, 5.41) is 5.93. The average Bonchev–Trinajstić information content (AvgIpc) is 2.82. The molecule has 2 amide bonds. The smallest absolute Gasteiger partial charge is 0.338 e. The van der Waals surface area contributed by atoms with Crippen molar-refractivity contribution in [3.05, 3.63) is 59.2 Å². The number of nitrogens with zero attached hydrogens (tertiary/aromatic N) is 1. The largest absolute Gasteiger partial charge is 0.462 e. The molecule has 0 radical (unpaired) electrons. The second-order valence-electron chi connectivity index (χ2n) is 8.97. The Hall–Kier alpha value is -3.19. The van der Waals surface area contributed by atoms with Gasteiger partial charge in [-0.25, -0.2) is 4.79 Å². The van der Waals surface area contributed by atoms with E-state index < -0.39 is 0 Å². The second kappa shape index (κ2) is 12.3. The number of unbranched alkanes of at least 4 members (excludes halogenated alkanes) is 1. The number of esters is 1. The first-order chi connectivity index (χ1) is 16.4. The average molecular weight is 466 g/mol. The number of ether oxygens (including phenoxy) is 1. The van der Waals surface area contributed by atoms with E-state index in [2.05, 4.69) is 15.5 Å². The van der Waals surface area contributed by atoms with Gasteiger partial charge in [0, 0.05) is 17.3 Å². The van der Waals surface area contributed by atoms with Gasteiger partial charge in [0.15, 0.2) is 0 Å². The molecule has 2 aromatic rings. The minimum absolute atomic E-state index is 0.0299. The topological polar surface area (TPSA) is 87.7 Å². The molecule has 1 saturated heterocycles. The van der Waals surface area contributed by atoms with E-state index in [1.165, 1.54) is 0 Å². The number of anilines is 2. The van der Waals surface area contributed by atoms with Gasteiger partial charge in [-0.2, -0.15) is 0 Å². The maximum Gasteiger partial charge on any atom is 0.338 e. The minimum atomic E-state index is -0.347. The summed E-state index contributed by atoms with van der Waals surface area (Å²) in [4.78, 5) is 39.2. The van der Waals surface area contributed by atoms with Crippen molar-refractivity contribution in [3.63, 3.8) is 0 Å². The molecule has 0 spiro atoms. The van der Waals surface area contributed by atoms with E-state index in [4.69, 9.17) is 4.74 Å². The van der Waals surface area contributed by atoms with E-state index >= 15 is 0 Å². The molecule has 1 heterocycles. The lowest BCUT2D eigenvalue weighted by molar-refractivity contribution is -0.121. The van der Waals surface area contributed by atoms with Crippen LogP contribution in [0.4, 0.5) is 11.4 Å². The molecule has 0 atom stereocenters. The fraction of sp³-hybridized carbons (Fsp3) is 0.444. The Morgan fingerprint density at radius 3 is 2.35 bits per heavy atom. The van der Waals surface area contributed by atoms with Crippen LogP contribution < -0.4 is 10.6 Å². The zero-order valence-electron chi connectivity index (χ0n) is 20.4. The summed E-state index contributed by atoms with van der Waals surface area (Å²) in [6.07, 6.45) is 3.21. The molecule has 0 aromatic heterocycles. The standard InChI is InChI=1S/C27H35N3O4/c1-4-5-16-34-27(33)22-7-9-23(10-8-22)28-26(32)21-12-14-30(15-13-21)18-25(31)29-24-11-6-19(2)17-20(24)3/h6-11,17,21H,4-5,12-16,18H2,1-3H3,(H,28,32)(H,29,31). The SMILES string of the molecule is CCCCOC(=O)c1ccc(NC(=O)C2CCN(CC(=O)Nc3ccc(C)cc3C)CC2)cc1. The number of benzene rings is 2. The number of hydrogen-bond acceptors (Lipinski definition) is 5. The molecule has 2 aromatic carbocycles. The van der Waals surface area contributed by atoms with Gasteiger partial charge in [0.1, 0.15) is 0 Å². The van der Waals surface area contributed by atoms with Crippen molar-refractivity contribution in [1.29, 1.82) is 0 Å². The molecule has 0 aliphatic carbocycles. The number of rotatable bonds is 9. The second-order valence-corrected chi connectivity index (χ2v) is 8.97. The molecular formula is C27H35N3O4. The summed E-state index contributed by atoms with van der Waals surface area (Å²) >= 11 is 0. The van der Waals surface area contributed by atoms with Crippen LogP contribution in [0.15, 0.2) is 42.5 Å². The number of aryl methyl sites for hydroxylation is 2. The van der Waals surface area contributed by atoms with Crippen LogP contribution in [-0.2, 0) is 14.3 Å². The first-order valence-electron chi connectivity index (χ1n) is 12.0. The van der Waals surface area contributed by atoms with Crippen LogP contribution in [0.1, 0.15) is 54.1 Å². The van der Waals surface area contributed by atoms with Gasteiger partial charge in [-0.05, 0) is 82.1 Å². The molecule has 2 N–H and O–H groups in total. The van der Waals surface area contributed by atoms with Crippen LogP contribution in [-0.4, -0.2) is 48.9 Å². The maximum absolute atomic E-state index is 12.7. The summed E-state index contributed by atoms with van der Waals surface area (Å²) in [5.74, 6) is -0.515. The van der Waals surface area contributed by atoms with Crippen LogP contribution in [0.3, 0.4) is 0 Å². The van der Waals surface area contributed by atoms with Gasteiger partial charge >= 0.3 is 5.97 Å². The van der Waals surface area contributed by atoms with Crippen LogP contribution in [0, 0.1) is 19.8 Å². The maximum atomic E-state index is 12.7. The quantitative estimate of drug-likeness (QED) is 0.419. The number of likely N-dealkylation sites (tertiary alicyclic amines) is 1. The Kier molecular flexibility index (Phi) is 9.22. The van der Waals surface area contributed by atoms with Gasteiger partial charge < -0.3 is 15.4 Å². The van der Waals surface area contributed by atoms with Crippen LogP contribution >= 0.6 is 0 Å². The van der Waals surface area contributed by atoms with Gasteiger partial charge in [-0.1, -0.05) is 31.0 Å². The molecule has 0 bridgehead atoms.